The molecule has 0 amide bonds. The van der Waals surface area contributed by atoms with E-state index in [0.29, 0.717) is 27.4 Å². The first-order valence-corrected chi connectivity index (χ1v) is 18.4. The van der Waals surface area contributed by atoms with Crippen molar-refractivity contribution in [2.45, 2.75) is 6.92 Å². The second-order valence-corrected chi connectivity index (χ2v) is 15.0. The highest BCUT2D eigenvalue weighted by Gasteiger charge is 2.22. The van der Waals surface area contributed by atoms with Gasteiger partial charge in [-0.2, -0.15) is 0 Å². The minimum absolute atomic E-state index is 0.190. The van der Waals surface area contributed by atoms with Crippen molar-refractivity contribution in [3.8, 4) is 22.3 Å². The normalized spacial score (nSPS) is 16.2. The van der Waals surface area contributed by atoms with Crippen LogP contribution >= 0.6 is 11.3 Å². The Balaban J connectivity index is 1.44. The summed E-state index contributed by atoms with van der Waals surface area (Å²) in [5, 5.41) is 6.05. The van der Waals surface area contributed by atoms with Gasteiger partial charge < -0.3 is 0 Å². The fraction of sp³-hybridized carbons (Fsp3) is 0.0435. The number of fused-ring (bicyclic) bond motifs is 5. The van der Waals surface area contributed by atoms with Gasteiger partial charge in [0.15, 0.2) is 0 Å². The van der Waals surface area contributed by atoms with Gasteiger partial charge in [-0.1, -0.05) is 139 Å². The fourth-order valence-corrected chi connectivity index (χ4v) is 8.80. The summed E-state index contributed by atoms with van der Waals surface area (Å²) in [5.74, 6) is 0.225. The third-order valence-corrected chi connectivity index (χ3v) is 11.4. The van der Waals surface area contributed by atoms with Crippen molar-refractivity contribution in [2.24, 2.45) is 5.92 Å². The van der Waals surface area contributed by atoms with Crippen LogP contribution in [0.3, 0.4) is 0 Å². The average Bonchev–Trinajstić information content (AvgIpc) is 3.53. The first-order chi connectivity index (χ1) is 25.9. The lowest BCUT2D eigenvalue weighted by atomic mass is 9.59. The van der Waals surface area contributed by atoms with E-state index in [0.717, 1.165) is 80.7 Å². The van der Waals surface area contributed by atoms with Crippen LogP contribution in [0.4, 0.5) is 0 Å². The van der Waals surface area contributed by atoms with Crippen molar-refractivity contribution >= 4 is 152 Å². The molecule has 0 nitrogen and oxygen atoms in total. The largest absolute Gasteiger partial charge is 0.135 e. The molecule has 0 spiro atoms. The molecule has 0 fully saturated rings. The quantitative estimate of drug-likeness (QED) is 0.180. The van der Waals surface area contributed by atoms with Crippen molar-refractivity contribution in [1.82, 2.24) is 0 Å². The molecule has 0 bridgehead atoms. The van der Waals surface area contributed by atoms with Gasteiger partial charge in [-0.15, -0.1) is 27.7 Å². The number of hydrogen-bond acceptors (Lipinski definition) is 1. The van der Waals surface area contributed by atoms with Gasteiger partial charge in [-0.3, -0.25) is 0 Å². The van der Waals surface area contributed by atoms with Gasteiger partial charge in [0.25, 0.3) is 0 Å². The van der Waals surface area contributed by atoms with E-state index in [1.165, 1.54) is 0 Å². The molecule has 1 aliphatic carbocycles. The molecule has 1 atom stereocenters. The van der Waals surface area contributed by atoms with Gasteiger partial charge in [0, 0.05) is 20.2 Å². The van der Waals surface area contributed by atoms with Crippen LogP contribution < -0.4 is 38.2 Å². The first-order valence-electron chi connectivity index (χ1n) is 17.6. The van der Waals surface area contributed by atoms with Crippen LogP contribution in [0.5, 0.6) is 0 Å². The third-order valence-electron chi connectivity index (χ3n) is 10.3. The molecule has 14 radical (unpaired) electrons. The zero-order valence-corrected chi connectivity index (χ0v) is 30.7. The van der Waals surface area contributed by atoms with Crippen molar-refractivity contribution in [3.63, 3.8) is 0 Å². The summed E-state index contributed by atoms with van der Waals surface area (Å²) in [5.41, 5.74) is 9.65. The average molecular weight is 687 g/mol. The zero-order chi connectivity index (χ0) is 38.0. The van der Waals surface area contributed by atoms with Gasteiger partial charge >= 0.3 is 0 Å². The Morgan fingerprint density at radius 1 is 0.519 bits per heavy atom. The molecule has 1 heterocycles. The van der Waals surface area contributed by atoms with Crippen molar-refractivity contribution in [3.05, 3.63) is 145 Å². The van der Waals surface area contributed by atoms with Crippen molar-refractivity contribution in [2.75, 3.05) is 0 Å². The van der Waals surface area contributed by atoms with E-state index >= 15 is 0 Å². The second-order valence-electron chi connectivity index (χ2n) is 13.9. The first kappa shape index (κ1) is 36.0. The molecule has 1 aliphatic rings. The zero-order valence-electron chi connectivity index (χ0n) is 29.9. The van der Waals surface area contributed by atoms with E-state index in [1.54, 1.807) is 11.3 Å². The predicted octanol–water partition coefficient (Wildman–Crippen LogP) is 5.07. The second kappa shape index (κ2) is 14.0. The Morgan fingerprint density at radius 3 is 1.76 bits per heavy atom. The van der Waals surface area contributed by atoms with E-state index in [2.05, 4.69) is 92.9 Å². The van der Waals surface area contributed by atoms with Crippen LogP contribution in [0, 0.1) is 5.92 Å². The minimum atomic E-state index is 0.190. The Morgan fingerprint density at radius 2 is 1.11 bits per heavy atom. The molecule has 8 heteroatoms. The third kappa shape index (κ3) is 5.96. The number of hydrogen-bond donors (Lipinski definition) is 0. The molecule has 0 N–H and O–H groups in total. The smallest absolute Gasteiger partial charge is 0.114 e. The van der Waals surface area contributed by atoms with E-state index in [-0.39, 0.29) is 22.3 Å². The molecule has 1 unspecified atom stereocenters. The number of thiophene rings is 1. The lowest BCUT2D eigenvalue weighted by molar-refractivity contribution is 0.938. The van der Waals surface area contributed by atoms with E-state index in [1.807, 2.05) is 42.5 Å². The van der Waals surface area contributed by atoms with Gasteiger partial charge in [-0.25, -0.2) is 0 Å². The Bertz CT molecular complexity index is 2810. The highest BCUT2D eigenvalue weighted by molar-refractivity contribution is 7.26. The summed E-state index contributed by atoms with van der Waals surface area (Å²) in [7, 11) is 45.5. The van der Waals surface area contributed by atoms with Crippen LogP contribution in [-0.2, 0) is 0 Å². The maximum absolute atomic E-state index is 6.99. The topological polar surface area (TPSA) is 0 Å². The monoisotopic (exact) mass is 688 g/mol. The number of allylic oxidation sites excluding steroid dienone is 10. The minimum Gasteiger partial charge on any atom is -0.135 e. The summed E-state index contributed by atoms with van der Waals surface area (Å²) >= 11 is 1.69. The van der Waals surface area contributed by atoms with Crippen LogP contribution in [0.2, 0.25) is 0 Å². The summed E-state index contributed by atoms with van der Waals surface area (Å²) in [4.78, 5) is 0. The van der Waals surface area contributed by atoms with Crippen LogP contribution in [0.25, 0.3) is 69.5 Å². The van der Waals surface area contributed by atoms with Gasteiger partial charge in [0.2, 0.25) is 0 Å². The van der Waals surface area contributed by atoms with Gasteiger partial charge in [0.05, 0.1) is 0 Å². The highest BCUT2D eigenvalue weighted by atomic mass is 32.1. The molecule has 0 saturated carbocycles. The summed E-state index contributed by atoms with van der Waals surface area (Å²) in [6.45, 7) is 10.8. The molecule has 7 aromatic rings. The van der Waals surface area contributed by atoms with Gasteiger partial charge in [-0.05, 0) is 90.2 Å². The molecule has 0 aliphatic heterocycles. The molecular formula is C46H27B7S. The molecule has 1 aromatic heterocycles. The maximum Gasteiger partial charge on any atom is 0.114 e. The van der Waals surface area contributed by atoms with E-state index in [4.69, 9.17) is 54.9 Å². The summed E-state index contributed by atoms with van der Waals surface area (Å²) in [6, 6.07) is 24.8. The molecule has 8 rings (SSSR count). The molecule has 54 heavy (non-hydrogen) atoms. The molecule has 0 saturated heterocycles. The maximum atomic E-state index is 6.99. The number of rotatable bonds is 3. The summed E-state index contributed by atoms with van der Waals surface area (Å²) in [6.07, 6.45) is 14.6. The van der Waals surface area contributed by atoms with Crippen LogP contribution in [-0.4, -0.2) is 54.9 Å². The Kier molecular flexibility index (Phi) is 9.31. The summed E-state index contributed by atoms with van der Waals surface area (Å²) < 4.78 is 2.17. The molecule has 6 aromatic carbocycles. The van der Waals surface area contributed by atoms with Gasteiger partial charge in [0.1, 0.15) is 54.9 Å². The predicted molar refractivity (Wildman–Crippen MR) is 246 cm³/mol. The van der Waals surface area contributed by atoms with Crippen molar-refractivity contribution < 1.29 is 0 Å². The highest BCUT2D eigenvalue weighted by Crippen LogP contribution is 2.47. The Labute approximate surface area is 330 Å². The van der Waals surface area contributed by atoms with Crippen LogP contribution in [0.1, 0.15) is 12.5 Å². The van der Waals surface area contributed by atoms with Crippen molar-refractivity contribution in [1.29, 1.82) is 0 Å². The molecular weight excluding hydrogens is 660 g/mol. The standard InChI is InChI=1S/C46H27B7S/c1-23-13-14-24(2)17-18-26(21-25(3)16-15-23)36-40-30(7-4-10-32(40)47)38(31-8-5-11-33(48)41(31)36)29-9-6-12-34-39(29)28-20-19-27(22-35(28)54-34)37-42(49)44(51)46(53)45(52)43(37)50/h4-23H,2-3H2,1H3/b14-13-,16-15-,18-17?,26-21?. The van der Waals surface area contributed by atoms with E-state index in [9.17, 15) is 0 Å². The Hall–Kier alpha value is -5.05. The van der Waals surface area contributed by atoms with Crippen LogP contribution in [0.15, 0.2) is 140 Å². The molecule has 238 valence electrons. The number of benzene rings is 6. The fourth-order valence-electron chi connectivity index (χ4n) is 7.63. The SMILES string of the molecule is [B]c1c([B])c([B])c(-c2ccc3c(c2)sc2cccc(-c4c5cccc([B])c5c(C5=CC(=C)/C=C\C(C)/C=C\C(=C)C=C5)c5c([B])cccc45)c23)c([B])c1[B]. The van der Waals surface area contributed by atoms with E-state index < -0.39 is 0 Å². The lowest BCUT2D eigenvalue weighted by Crippen LogP contribution is -2.55. The lowest BCUT2D eigenvalue weighted by Gasteiger charge is -2.22.